The Morgan fingerprint density at radius 3 is 2.48 bits per heavy atom. The highest BCUT2D eigenvalue weighted by Crippen LogP contribution is 2.19. The van der Waals surface area contributed by atoms with Crippen LogP contribution in [0, 0.1) is 11.8 Å². The van der Waals surface area contributed by atoms with Gasteiger partial charge in [0.1, 0.15) is 0 Å². The van der Waals surface area contributed by atoms with Gasteiger partial charge in [0, 0.05) is 19.1 Å². The Morgan fingerprint density at radius 2 is 1.83 bits per heavy atom. The molecule has 1 heterocycles. The van der Waals surface area contributed by atoms with Crippen molar-refractivity contribution in [2.75, 3.05) is 26.2 Å². The third kappa shape index (κ3) is 5.63. The van der Waals surface area contributed by atoms with Crippen molar-refractivity contribution in [3.63, 3.8) is 0 Å². The van der Waals surface area contributed by atoms with E-state index in [0.29, 0.717) is 5.92 Å². The summed E-state index contributed by atoms with van der Waals surface area (Å²) >= 11 is 0. The Hall–Kier alpha value is -1.39. The molecule has 1 saturated heterocycles. The van der Waals surface area contributed by atoms with Gasteiger partial charge >= 0.3 is 0 Å². The Balaban J connectivity index is 1.74. The second-order valence-corrected chi connectivity index (χ2v) is 6.94. The minimum Gasteiger partial charge on any atom is -0.355 e. The summed E-state index contributed by atoms with van der Waals surface area (Å²) in [5.41, 5.74) is 7.24. The highest BCUT2D eigenvalue weighted by Gasteiger charge is 2.22. The van der Waals surface area contributed by atoms with E-state index in [2.05, 4.69) is 17.1 Å². The van der Waals surface area contributed by atoms with Gasteiger partial charge in [-0.1, -0.05) is 50.6 Å². The van der Waals surface area contributed by atoms with E-state index < -0.39 is 0 Å². The van der Waals surface area contributed by atoms with Gasteiger partial charge in [0.25, 0.3) is 0 Å². The fourth-order valence-corrected chi connectivity index (χ4v) is 3.21. The molecule has 128 valence electrons. The first kappa shape index (κ1) is 18.0. The summed E-state index contributed by atoms with van der Waals surface area (Å²) in [7, 11) is 0. The highest BCUT2D eigenvalue weighted by atomic mass is 16.1. The number of likely N-dealkylation sites (tertiary alicyclic amines) is 1. The fraction of sp³-hybridized carbons (Fsp3) is 0.632. The number of amides is 1. The fourth-order valence-electron chi connectivity index (χ4n) is 3.21. The number of benzene rings is 1. The van der Waals surface area contributed by atoms with Crippen molar-refractivity contribution in [1.82, 2.24) is 10.2 Å². The molecular formula is C19H31N3O. The lowest BCUT2D eigenvalue weighted by molar-refractivity contribution is -0.125. The quantitative estimate of drug-likeness (QED) is 0.812. The van der Waals surface area contributed by atoms with Gasteiger partial charge < -0.3 is 16.0 Å². The first-order chi connectivity index (χ1) is 11.1. The van der Waals surface area contributed by atoms with E-state index in [4.69, 9.17) is 5.73 Å². The second-order valence-electron chi connectivity index (χ2n) is 6.94. The van der Waals surface area contributed by atoms with Crippen LogP contribution >= 0.6 is 0 Å². The summed E-state index contributed by atoms with van der Waals surface area (Å²) in [5, 5.41) is 3.08. The van der Waals surface area contributed by atoms with E-state index in [1.165, 1.54) is 32.4 Å². The van der Waals surface area contributed by atoms with Crippen molar-refractivity contribution in [2.45, 2.75) is 39.2 Å². The van der Waals surface area contributed by atoms with Crippen LogP contribution in [-0.4, -0.2) is 37.0 Å². The van der Waals surface area contributed by atoms with Crippen molar-refractivity contribution in [2.24, 2.45) is 17.6 Å². The van der Waals surface area contributed by atoms with Crippen molar-refractivity contribution >= 4 is 5.91 Å². The number of carbonyl (C=O) groups excluding carboxylic acids is 1. The molecule has 2 rings (SSSR count). The van der Waals surface area contributed by atoms with Crippen LogP contribution in [0.3, 0.4) is 0 Å². The van der Waals surface area contributed by atoms with Gasteiger partial charge in [-0.05, 0) is 37.4 Å². The molecule has 1 amide bonds. The SMILES string of the molecule is CC(CNC(=O)C(C)C(N)c1ccccc1)CN1CCCCC1. The molecule has 4 heteroatoms. The molecule has 3 unspecified atom stereocenters. The molecule has 0 saturated carbocycles. The number of rotatable bonds is 7. The maximum Gasteiger partial charge on any atom is 0.224 e. The number of hydrogen-bond acceptors (Lipinski definition) is 3. The maximum atomic E-state index is 12.3. The molecule has 23 heavy (non-hydrogen) atoms. The van der Waals surface area contributed by atoms with Crippen LogP contribution in [0.25, 0.3) is 0 Å². The lowest BCUT2D eigenvalue weighted by atomic mass is 9.94. The Labute approximate surface area is 140 Å². The first-order valence-electron chi connectivity index (χ1n) is 8.88. The van der Waals surface area contributed by atoms with Gasteiger partial charge in [0.2, 0.25) is 5.91 Å². The van der Waals surface area contributed by atoms with Crippen LogP contribution in [0.15, 0.2) is 30.3 Å². The zero-order valence-electron chi connectivity index (χ0n) is 14.5. The van der Waals surface area contributed by atoms with Gasteiger partial charge in [-0.25, -0.2) is 0 Å². The molecule has 3 atom stereocenters. The number of nitrogens with two attached hydrogens (primary N) is 1. The van der Waals surface area contributed by atoms with Gasteiger partial charge in [-0.3, -0.25) is 4.79 Å². The number of carbonyl (C=O) groups is 1. The van der Waals surface area contributed by atoms with Gasteiger partial charge in [0.05, 0.1) is 5.92 Å². The smallest absolute Gasteiger partial charge is 0.224 e. The molecule has 1 aliphatic heterocycles. The molecule has 0 aromatic heterocycles. The highest BCUT2D eigenvalue weighted by molar-refractivity contribution is 5.79. The van der Waals surface area contributed by atoms with E-state index in [0.717, 1.165) is 18.7 Å². The molecule has 1 aliphatic rings. The van der Waals surface area contributed by atoms with Crippen LogP contribution in [0.1, 0.15) is 44.7 Å². The molecule has 1 aromatic carbocycles. The Bertz CT molecular complexity index is 471. The van der Waals surface area contributed by atoms with Gasteiger partial charge in [0.15, 0.2) is 0 Å². The summed E-state index contributed by atoms with van der Waals surface area (Å²) in [6.45, 7) is 8.31. The molecule has 1 fully saturated rings. The van der Waals surface area contributed by atoms with Gasteiger partial charge in [-0.15, -0.1) is 0 Å². The summed E-state index contributed by atoms with van der Waals surface area (Å²) in [4.78, 5) is 14.9. The van der Waals surface area contributed by atoms with Crippen molar-refractivity contribution in [1.29, 1.82) is 0 Å². The zero-order chi connectivity index (χ0) is 16.7. The normalized spacial score (nSPS) is 19.8. The van der Waals surface area contributed by atoms with E-state index in [1.807, 2.05) is 37.3 Å². The predicted molar refractivity (Wildman–Crippen MR) is 95.0 cm³/mol. The summed E-state index contributed by atoms with van der Waals surface area (Å²) in [6, 6.07) is 9.58. The molecule has 3 N–H and O–H groups in total. The van der Waals surface area contributed by atoms with Crippen LogP contribution in [0.5, 0.6) is 0 Å². The van der Waals surface area contributed by atoms with E-state index in [-0.39, 0.29) is 17.9 Å². The average molecular weight is 317 g/mol. The average Bonchev–Trinajstić information content (AvgIpc) is 2.60. The summed E-state index contributed by atoms with van der Waals surface area (Å²) < 4.78 is 0. The van der Waals surface area contributed by atoms with Crippen LogP contribution in [0.2, 0.25) is 0 Å². The molecule has 0 bridgehead atoms. The number of hydrogen-bond donors (Lipinski definition) is 2. The third-order valence-corrected chi connectivity index (χ3v) is 4.78. The predicted octanol–water partition coefficient (Wildman–Crippen LogP) is 2.56. The third-order valence-electron chi connectivity index (χ3n) is 4.78. The zero-order valence-corrected chi connectivity index (χ0v) is 14.5. The first-order valence-corrected chi connectivity index (χ1v) is 8.88. The molecule has 4 nitrogen and oxygen atoms in total. The maximum absolute atomic E-state index is 12.3. The minimum absolute atomic E-state index is 0.0480. The second kappa shape index (κ2) is 9.04. The van der Waals surface area contributed by atoms with Crippen molar-refractivity contribution in [3.05, 3.63) is 35.9 Å². The summed E-state index contributed by atoms with van der Waals surface area (Å²) in [5.74, 6) is 0.295. The summed E-state index contributed by atoms with van der Waals surface area (Å²) in [6.07, 6.45) is 3.97. The largest absolute Gasteiger partial charge is 0.355 e. The topological polar surface area (TPSA) is 58.4 Å². The van der Waals surface area contributed by atoms with E-state index in [1.54, 1.807) is 0 Å². The lowest BCUT2D eigenvalue weighted by Gasteiger charge is -2.29. The van der Waals surface area contributed by atoms with E-state index >= 15 is 0 Å². The lowest BCUT2D eigenvalue weighted by Crippen LogP contribution is -2.41. The standard InChI is InChI=1S/C19H31N3O/c1-15(14-22-11-7-4-8-12-22)13-21-19(23)16(2)18(20)17-9-5-3-6-10-17/h3,5-6,9-10,15-16,18H,4,7-8,11-14,20H2,1-2H3,(H,21,23). The van der Waals surface area contributed by atoms with Crippen molar-refractivity contribution in [3.8, 4) is 0 Å². The van der Waals surface area contributed by atoms with Crippen LogP contribution in [0.4, 0.5) is 0 Å². The van der Waals surface area contributed by atoms with E-state index in [9.17, 15) is 4.79 Å². The molecule has 1 aromatic rings. The van der Waals surface area contributed by atoms with Crippen LogP contribution < -0.4 is 11.1 Å². The Kier molecular flexibility index (Phi) is 7.06. The van der Waals surface area contributed by atoms with Crippen LogP contribution in [-0.2, 0) is 4.79 Å². The Morgan fingerprint density at radius 1 is 1.17 bits per heavy atom. The molecular weight excluding hydrogens is 286 g/mol. The number of piperidine rings is 1. The monoisotopic (exact) mass is 317 g/mol. The van der Waals surface area contributed by atoms with Gasteiger partial charge in [-0.2, -0.15) is 0 Å². The molecule has 0 radical (unpaired) electrons. The molecule has 0 aliphatic carbocycles. The number of nitrogens with one attached hydrogen (secondary N) is 1. The minimum atomic E-state index is -0.256. The molecule has 0 spiro atoms. The van der Waals surface area contributed by atoms with Crippen molar-refractivity contribution < 1.29 is 4.79 Å². The number of nitrogens with zero attached hydrogens (tertiary/aromatic N) is 1.